The van der Waals surface area contributed by atoms with Crippen LogP contribution in [0.15, 0.2) is 47.4 Å². The minimum Gasteiger partial charge on any atom is -0.456 e. The van der Waals surface area contributed by atoms with Gasteiger partial charge in [0.25, 0.3) is 5.91 Å². The zero-order valence-corrected chi connectivity index (χ0v) is 17.3. The monoisotopic (exact) mass is 484 g/mol. The van der Waals surface area contributed by atoms with Crippen molar-refractivity contribution in [3.63, 3.8) is 0 Å². The van der Waals surface area contributed by atoms with E-state index in [0.717, 1.165) is 24.3 Å². The molecule has 1 heterocycles. The second-order valence-electron chi connectivity index (χ2n) is 7.33. The third-order valence-electron chi connectivity index (χ3n) is 5.05. The number of pyridine rings is 1. The van der Waals surface area contributed by atoms with Gasteiger partial charge in [-0.3, -0.25) is 9.59 Å². The standard InChI is InChI=1S/C22H14ClF5N2O3/c23-16-8-14(21(32)30-11-3-4-29-20(31)7-11)19(9-15(16)22(26,27)28)33-18-2-1-17(25)12-5-10(24)6-13(12)18/h1-4,7-10H,5-6H2,(H2,29,30,31,32)/t10-/m0/s1. The number of benzene rings is 2. The summed E-state index contributed by atoms with van der Waals surface area (Å²) < 4.78 is 73.9. The van der Waals surface area contributed by atoms with Gasteiger partial charge < -0.3 is 15.0 Å². The van der Waals surface area contributed by atoms with Crippen LogP contribution < -0.4 is 15.6 Å². The third kappa shape index (κ3) is 4.70. The number of aromatic nitrogens is 1. The van der Waals surface area contributed by atoms with E-state index in [9.17, 15) is 31.5 Å². The molecular formula is C22H14ClF5N2O3. The highest BCUT2D eigenvalue weighted by atomic mass is 35.5. The van der Waals surface area contributed by atoms with Crippen molar-refractivity contribution >= 4 is 23.2 Å². The maximum absolute atomic E-state index is 14.1. The van der Waals surface area contributed by atoms with Gasteiger partial charge in [0.2, 0.25) is 5.56 Å². The van der Waals surface area contributed by atoms with E-state index < -0.39 is 46.0 Å². The maximum Gasteiger partial charge on any atom is 0.417 e. The summed E-state index contributed by atoms with van der Waals surface area (Å²) in [6.45, 7) is 0. The molecule has 1 atom stereocenters. The number of alkyl halides is 4. The van der Waals surface area contributed by atoms with Gasteiger partial charge in [-0.25, -0.2) is 8.78 Å². The first-order valence-corrected chi connectivity index (χ1v) is 9.93. The number of hydrogen-bond donors (Lipinski definition) is 2. The Labute approximate surface area is 188 Å². The lowest BCUT2D eigenvalue weighted by molar-refractivity contribution is -0.137. The molecule has 4 rings (SSSR count). The van der Waals surface area contributed by atoms with E-state index in [4.69, 9.17) is 16.3 Å². The number of H-pyrrole nitrogens is 1. The third-order valence-corrected chi connectivity index (χ3v) is 5.37. The summed E-state index contributed by atoms with van der Waals surface area (Å²) >= 11 is 5.79. The van der Waals surface area contributed by atoms with E-state index in [0.29, 0.717) is 6.07 Å². The van der Waals surface area contributed by atoms with Crippen molar-refractivity contribution in [3.05, 3.63) is 86.0 Å². The zero-order chi connectivity index (χ0) is 23.9. The Bertz CT molecular complexity index is 1310. The molecule has 3 aromatic rings. The number of carbonyl (C=O) groups is 1. The molecular weight excluding hydrogens is 471 g/mol. The highest BCUT2D eigenvalue weighted by Crippen LogP contribution is 2.42. The van der Waals surface area contributed by atoms with Crippen molar-refractivity contribution in [2.75, 3.05) is 5.32 Å². The van der Waals surface area contributed by atoms with Crippen LogP contribution in [-0.4, -0.2) is 17.1 Å². The molecule has 1 amide bonds. The molecule has 0 saturated carbocycles. The number of rotatable bonds is 4. The highest BCUT2D eigenvalue weighted by Gasteiger charge is 2.36. The molecule has 1 aromatic heterocycles. The predicted octanol–water partition coefficient (Wildman–Crippen LogP) is 5.67. The highest BCUT2D eigenvalue weighted by molar-refractivity contribution is 6.32. The molecule has 2 aromatic carbocycles. The molecule has 1 aliphatic carbocycles. The van der Waals surface area contributed by atoms with Gasteiger partial charge in [-0.1, -0.05) is 11.6 Å². The van der Waals surface area contributed by atoms with E-state index in [1.165, 1.54) is 12.3 Å². The second-order valence-corrected chi connectivity index (χ2v) is 7.74. The molecule has 0 saturated heterocycles. The van der Waals surface area contributed by atoms with Gasteiger partial charge in [-0.2, -0.15) is 13.2 Å². The minimum absolute atomic E-state index is 0.0690. The summed E-state index contributed by atoms with van der Waals surface area (Å²) in [7, 11) is 0. The van der Waals surface area contributed by atoms with Gasteiger partial charge in [-0.05, 0) is 35.9 Å². The molecule has 0 radical (unpaired) electrons. The van der Waals surface area contributed by atoms with E-state index in [1.807, 2.05) is 0 Å². The van der Waals surface area contributed by atoms with Crippen molar-refractivity contribution in [2.45, 2.75) is 25.2 Å². The van der Waals surface area contributed by atoms with E-state index in [1.54, 1.807) is 0 Å². The fourth-order valence-corrected chi connectivity index (χ4v) is 3.84. The lowest BCUT2D eigenvalue weighted by Gasteiger charge is -2.17. The summed E-state index contributed by atoms with van der Waals surface area (Å²) in [6, 6.07) is 5.93. The first-order valence-electron chi connectivity index (χ1n) is 9.56. The Balaban J connectivity index is 1.79. The number of amides is 1. The van der Waals surface area contributed by atoms with Crippen LogP contribution in [0.2, 0.25) is 5.02 Å². The number of fused-ring (bicyclic) bond motifs is 1. The molecule has 0 fully saturated rings. The van der Waals surface area contributed by atoms with Crippen molar-refractivity contribution in [3.8, 4) is 11.5 Å². The number of nitrogens with one attached hydrogen (secondary N) is 2. The number of anilines is 1. The molecule has 33 heavy (non-hydrogen) atoms. The number of aromatic amines is 1. The SMILES string of the molecule is O=C(Nc1cc[nH]c(=O)c1)c1cc(Cl)c(C(F)(F)F)cc1Oc1ccc(F)c2c1C[C@@H](F)C2. The van der Waals surface area contributed by atoms with E-state index >= 15 is 0 Å². The van der Waals surface area contributed by atoms with Crippen molar-refractivity contribution in [1.29, 1.82) is 0 Å². The Morgan fingerprint density at radius 3 is 2.52 bits per heavy atom. The quantitative estimate of drug-likeness (QED) is 0.469. The van der Waals surface area contributed by atoms with E-state index in [-0.39, 0.29) is 41.0 Å². The average molecular weight is 485 g/mol. The minimum atomic E-state index is -4.86. The fraction of sp³-hybridized carbons (Fsp3) is 0.182. The summed E-state index contributed by atoms with van der Waals surface area (Å²) in [5.74, 6) is -2.16. The topological polar surface area (TPSA) is 71.2 Å². The second kappa shape index (κ2) is 8.51. The lowest BCUT2D eigenvalue weighted by atomic mass is 10.1. The predicted molar refractivity (Wildman–Crippen MR) is 110 cm³/mol. The fourth-order valence-electron chi connectivity index (χ4n) is 3.57. The number of hydrogen-bond acceptors (Lipinski definition) is 3. The number of ether oxygens (including phenoxy) is 1. The zero-order valence-electron chi connectivity index (χ0n) is 16.5. The first-order chi connectivity index (χ1) is 15.5. The van der Waals surface area contributed by atoms with Crippen LogP contribution >= 0.6 is 11.6 Å². The molecule has 5 nitrogen and oxygen atoms in total. The van der Waals surface area contributed by atoms with Crippen LogP contribution in [0.5, 0.6) is 11.5 Å². The Morgan fingerprint density at radius 2 is 1.82 bits per heavy atom. The number of halogens is 6. The Kier molecular flexibility index (Phi) is 5.87. The van der Waals surface area contributed by atoms with Crippen molar-refractivity contribution < 1.29 is 31.5 Å². The smallest absolute Gasteiger partial charge is 0.417 e. The van der Waals surface area contributed by atoms with Gasteiger partial charge in [0.05, 0.1) is 16.1 Å². The van der Waals surface area contributed by atoms with Gasteiger partial charge in [0.1, 0.15) is 23.5 Å². The van der Waals surface area contributed by atoms with Crippen molar-refractivity contribution in [1.82, 2.24) is 4.98 Å². The maximum atomic E-state index is 14.1. The molecule has 11 heteroatoms. The van der Waals surface area contributed by atoms with Crippen LogP contribution in [0.25, 0.3) is 0 Å². The largest absolute Gasteiger partial charge is 0.456 e. The molecule has 0 spiro atoms. The molecule has 2 N–H and O–H groups in total. The molecule has 172 valence electrons. The summed E-state index contributed by atoms with van der Waals surface area (Å²) in [5, 5.41) is 1.63. The first kappa shape index (κ1) is 22.8. The van der Waals surface area contributed by atoms with Gasteiger partial charge in [0.15, 0.2) is 0 Å². The summed E-state index contributed by atoms with van der Waals surface area (Å²) in [6.07, 6.45) is -5.33. The summed E-state index contributed by atoms with van der Waals surface area (Å²) in [4.78, 5) is 26.6. The van der Waals surface area contributed by atoms with Crippen LogP contribution in [0.1, 0.15) is 27.0 Å². The van der Waals surface area contributed by atoms with Crippen LogP contribution in [0.3, 0.4) is 0 Å². The van der Waals surface area contributed by atoms with Gasteiger partial charge in [-0.15, -0.1) is 0 Å². The normalized spacial score (nSPS) is 15.3. The number of carbonyl (C=O) groups excluding carboxylic acids is 1. The molecule has 0 aliphatic heterocycles. The van der Waals surface area contributed by atoms with E-state index in [2.05, 4.69) is 10.3 Å². The van der Waals surface area contributed by atoms with Gasteiger partial charge >= 0.3 is 6.18 Å². The van der Waals surface area contributed by atoms with Crippen LogP contribution in [0, 0.1) is 5.82 Å². The van der Waals surface area contributed by atoms with Crippen LogP contribution in [0.4, 0.5) is 27.6 Å². The summed E-state index contributed by atoms with van der Waals surface area (Å²) in [5.41, 5.74) is -1.83. The molecule has 0 unspecified atom stereocenters. The average Bonchev–Trinajstić information content (AvgIpc) is 3.12. The molecule has 1 aliphatic rings. The van der Waals surface area contributed by atoms with Crippen molar-refractivity contribution in [2.24, 2.45) is 0 Å². The van der Waals surface area contributed by atoms with Gasteiger partial charge in [0, 0.05) is 36.4 Å². The van der Waals surface area contributed by atoms with Crippen LogP contribution in [-0.2, 0) is 19.0 Å². The Morgan fingerprint density at radius 1 is 1.09 bits per heavy atom. The Hall–Kier alpha value is -3.40. The lowest BCUT2D eigenvalue weighted by Crippen LogP contribution is -2.16. The molecule has 0 bridgehead atoms.